The summed E-state index contributed by atoms with van der Waals surface area (Å²) in [6, 6.07) is 10.6. The summed E-state index contributed by atoms with van der Waals surface area (Å²) in [7, 11) is 0. The topological polar surface area (TPSA) is 25.8 Å². The molecule has 0 bridgehead atoms. The lowest BCUT2D eigenvalue weighted by Crippen LogP contribution is -2.21. The maximum Gasteiger partial charge on any atom is 0.154 e. The molecule has 104 valence electrons. The Morgan fingerprint density at radius 1 is 1.00 bits per heavy atom. The van der Waals surface area contributed by atoms with E-state index in [0.29, 0.717) is 5.15 Å². The van der Waals surface area contributed by atoms with Gasteiger partial charge in [0.2, 0.25) is 0 Å². The molecule has 0 unspecified atom stereocenters. The molecule has 20 heavy (non-hydrogen) atoms. The highest BCUT2D eigenvalue weighted by atomic mass is 35.5. The lowest BCUT2D eigenvalue weighted by atomic mass is 10.0. The first-order valence-corrected chi connectivity index (χ1v) is 8.83. The first-order valence-electron chi connectivity index (χ1n) is 6.48. The molecule has 3 rings (SSSR count). The highest BCUT2D eigenvalue weighted by Gasteiger charge is 2.42. The molecule has 2 heterocycles. The largest absolute Gasteiger partial charge is 0.154 e. The van der Waals surface area contributed by atoms with Gasteiger partial charge in [-0.15, -0.1) is 28.6 Å². The lowest BCUT2D eigenvalue weighted by Gasteiger charge is -2.28. The van der Waals surface area contributed by atoms with Crippen LogP contribution in [0.1, 0.15) is 22.4 Å². The first-order chi connectivity index (χ1) is 9.65. The molecule has 1 fully saturated rings. The van der Waals surface area contributed by atoms with Crippen LogP contribution < -0.4 is 0 Å². The molecule has 1 saturated heterocycles. The van der Waals surface area contributed by atoms with Crippen molar-refractivity contribution in [2.45, 2.75) is 17.9 Å². The fraction of sp³-hybridized carbons (Fsp3) is 0.333. The summed E-state index contributed by atoms with van der Waals surface area (Å²) in [6.07, 6.45) is 0. The van der Waals surface area contributed by atoms with Crippen LogP contribution >= 0.6 is 35.1 Å². The van der Waals surface area contributed by atoms with Gasteiger partial charge in [0.15, 0.2) is 5.15 Å². The Labute approximate surface area is 132 Å². The Hall–Kier alpha value is -0.710. The Balaban J connectivity index is 2.20. The van der Waals surface area contributed by atoms with Gasteiger partial charge in [-0.3, -0.25) is 0 Å². The minimum Gasteiger partial charge on any atom is -0.151 e. The molecule has 1 aromatic carbocycles. The number of thioether (sulfide) groups is 2. The molecule has 2 nitrogen and oxygen atoms in total. The number of hydrogen-bond acceptors (Lipinski definition) is 4. The van der Waals surface area contributed by atoms with E-state index in [9.17, 15) is 0 Å². The zero-order valence-corrected chi connectivity index (χ0v) is 13.8. The van der Waals surface area contributed by atoms with E-state index in [1.54, 1.807) is 0 Å². The quantitative estimate of drug-likeness (QED) is 0.817. The van der Waals surface area contributed by atoms with Gasteiger partial charge in [0.25, 0.3) is 0 Å². The molecule has 1 aliphatic rings. The van der Waals surface area contributed by atoms with Gasteiger partial charge in [0.05, 0.1) is 5.69 Å². The second-order valence-electron chi connectivity index (χ2n) is 4.77. The van der Waals surface area contributed by atoms with Crippen molar-refractivity contribution in [1.29, 1.82) is 0 Å². The second-order valence-corrected chi connectivity index (χ2v) is 8.00. The third-order valence-corrected chi connectivity index (χ3v) is 7.44. The monoisotopic (exact) mass is 322 g/mol. The van der Waals surface area contributed by atoms with E-state index in [2.05, 4.69) is 41.4 Å². The maximum atomic E-state index is 6.10. The van der Waals surface area contributed by atoms with E-state index in [4.69, 9.17) is 11.6 Å². The van der Waals surface area contributed by atoms with Crippen molar-refractivity contribution < 1.29 is 0 Å². The zero-order valence-electron chi connectivity index (χ0n) is 11.4. The molecule has 0 saturated carbocycles. The van der Waals surface area contributed by atoms with Crippen molar-refractivity contribution in [1.82, 2.24) is 10.2 Å². The van der Waals surface area contributed by atoms with Crippen LogP contribution in [0.25, 0.3) is 0 Å². The number of aromatic nitrogens is 2. The number of hydrogen-bond donors (Lipinski definition) is 0. The standard InChI is InChI=1S/C15H15ClN2S2/c1-10-11(2)14(16)18-17-13(10)15(19-8-9-20-15)12-6-4-3-5-7-12/h3-7H,8-9H2,1-2H3. The average Bonchev–Trinajstić information content (AvgIpc) is 2.96. The minimum absolute atomic E-state index is 0.145. The predicted molar refractivity (Wildman–Crippen MR) is 88.7 cm³/mol. The highest BCUT2D eigenvalue weighted by molar-refractivity contribution is 8.20. The minimum atomic E-state index is -0.145. The average molecular weight is 323 g/mol. The summed E-state index contributed by atoms with van der Waals surface area (Å²) in [6.45, 7) is 4.11. The SMILES string of the molecule is Cc1c(Cl)nnc(C2(c3ccccc3)SCCS2)c1C. The van der Waals surface area contributed by atoms with E-state index in [1.165, 1.54) is 5.56 Å². The van der Waals surface area contributed by atoms with Gasteiger partial charge in [-0.1, -0.05) is 41.9 Å². The van der Waals surface area contributed by atoms with Crippen molar-refractivity contribution in [3.63, 3.8) is 0 Å². The van der Waals surface area contributed by atoms with Crippen LogP contribution in [0.3, 0.4) is 0 Å². The highest BCUT2D eigenvalue weighted by Crippen LogP contribution is 2.56. The second kappa shape index (κ2) is 5.58. The van der Waals surface area contributed by atoms with Gasteiger partial charge in [-0.25, -0.2) is 0 Å². The van der Waals surface area contributed by atoms with Gasteiger partial charge in [0, 0.05) is 11.5 Å². The molecule has 0 spiro atoms. The molecule has 0 amide bonds. The molecular formula is C15H15ClN2S2. The van der Waals surface area contributed by atoms with Crippen molar-refractivity contribution in [2.24, 2.45) is 0 Å². The Morgan fingerprint density at radius 2 is 1.65 bits per heavy atom. The van der Waals surface area contributed by atoms with Crippen molar-refractivity contribution in [3.8, 4) is 0 Å². The Morgan fingerprint density at radius 3 is 2.30 bits per heavy atom. The van der Waals surface area contributed by atoms with Gasteiger partial charge < -0.3 is 0 Å². The Kier molecular flexibility index (Phi) is 3.98. The fourth-order valence-electron chi connectivity index (χ4n) is 2.40. The van der Waals surface area contributed by atoms with Crippen LogP contribution in [0.15, 0.2) is 30.3 Å². The van der Waals surface area contributed by atoms with Crippen LogP contribution in [0.5, 0.6) is 0 Å². The summed E-state index contributed by atoms with van der Waals surface area (Å²) < 4.78 is -0.145. The van der Waals surface area contributed by atoms with E-state index >= 15 is 0 Å². The zero-order chi connectivity index (χ0) is 14.2. The Bertz CT molecular complexity index is 625. The van der Waals surface area contributed by atoms with E-state index < -0.39 is 0 Å². The molecule has 0 atom stereocenters. The third-order valence-electron chi connectivity index (χ3n) is 3.62. The molecule has 0 aliphatic carbocycles. The summed E-state index contributed by atoms with van der Waals surface area (Å²) in [5, 5.41) is 9.09. The number of benzene rings is 1. The van der Waals surface area contributed by atoms with Crippen LogP contribution in [-0.2, 0) is 4.08 Å². The first kappa shape index (κ1) is 14.2. The summed E-state index contributed by atoms with van der Waals surface area (Å²) in [4.78, 5) is 0. The summed E-state index contributed by atoms with van der Waals surface area (Å²) in [5.41, 5.74) is 4.50. The molecular weight excluding hydrogens is 308 g/mol. The summed E-state index contributed by atoms with van der Waals surface area (Å²) in [5.74, 6) is 2.25. The molecule has 0 radical (unpaired) electrons. The molecule has 1 aliphatic heterocycles. The normalized spacial score (nSPS) is 17.4. The number of nitrogens with zero attached hydrogens (tertiary/aromatic N) is 2. The molecule has 1 aromatic heterocycles. The van der Waals surface area contributed by atoms with E-state index in [-0.39, 0.29) is 4.08 Å². The molecule has 0 N–H and O–H groups in total. The van der Waals surface area contributed by atoms with Crippen LogP contribution in [0.2, 0.25) is 5.15 Å². The van der Waals surface area contributed by atoms with Crippen molar-refractivity contribution >= 4 is 35.1 Å². The van der Waals surface area contributed by atoms with Gasteiger partial charge in [0.1, 0.15) is 4.08 Å². The molecule has 5 heteroatoms. The van der Waals surface area contributed by atoms with Gasteiger partial charge >= 0.3 is 0 Å². The van der Waals surface area contributed by atoms with Crippen LogP contribution in [0, 0.1) is 13.8 Å². The fourth-order valence-corrected chi connectivity index (χ4v) is 5.92. The van der Waals surface area contributed by atoms with Crippen molar-refractivity contribution in [2.75, 3.05) is 11.5 Å². The van der Waals surface area contributed by atoms with Crippen molar-refractivity contribution in [3.05, 3.63) is 57.9 Å². The molecule has 2 aromatic rings. The van der Waals surface area contributed by atoms with Crippen LogP contribution in [-0.4, -0.2) is 21.7 Å². The number of halogens is 1. The van der Waals surface area contributed by atoms with E-state index in [0.717, 1.165) is 28.3 Å². The predicted octanol–water partition coefficient (Wildman–Crippen LogP) is 4.43. The smallest absolute Gasteiger partial charge is 0.151 e. The van der Waals surface area contributed by atoms with E-state index in [1.807, 2.05) is 36.5 Å². The maximum absolute atomic E-state index is 6.10. The number of rotatable bonds is 2. The van der Waals surface area contributed by atoms with Gasteiger partial charge in [-0.2, -0.15) is 5.10 Å². The third kappa shape index (κ3) is 2.24. The van der Waals surface area contributed by atoms with Crippen LogP contribution in [0.4, 0.5) is 0 Å². The lowest BCUT2D eigenvalue weighted by molar-refractivity contribution is 0.870. The summed E-state index contributed by atoms with van der Waals surface area (Å²) >= 11 is 9.98. The van der Waals surface area contributed by atoms with Gasteiger partial charge in [-0.05, 0) is 30.5 Å².